The zero-order valence-electron chi connectivity index (χ0n) is 8.97. The molecular formula is C12H13FO2. The van der Waals surface area contributed by atoms with Crippen molar-refractivity contribution in [2.45, 2.75) is 26.4 Å². The maximum absolute atomic E-state index is 13.7. The van der Waals surface area contributed by atoms with Gasteiger partial charge in [-0.15, -0.1) is 0 Å². The van der Waals surface area contributed by atoms with Crippen LogP contribution in [0, 0.1) is 12.7 Å². The van der Waals surface area contributed by atoms with E-state index in [2.05, 4.69) is 0 Å². The quantitative estimate of drug-likeness (QED) is 0.781. The van der Waals surface area contributed by atoms with Crippen LogP contribution in [0.25, 0.3) is 11.0 Å². The molecule has 1 aromatic heterocycles. The number of halogens is 1. The highest BCUT2D eigenvalue weighted by molar-refractivity contribution is 5.79. The maximum atomic E-state index is 13.7. The normalized spacial score (nSPS) is 12.3. The van der Waals surface area contributed by atoms with Crippen molar-refractivity contribution in [1.82, 2.24) is 0 Å². The van der Waals surface area contributed by atoms with Gasteiger partial charge >= 0.3 is 0 Å². The van der Waals surface area contributed by atoms with Gasteiger partial charge in [-0.25, -0.2) is 4.39 Å². The van der Waals surface area contributed by atoms with Crippen LogP contribution < -0.4 is 0 Å². The molecule has 0 saturated carbocycles. The van der Waals surface area contributed by atoms with Crippen molar-refractivity contribution in [3.8, 4) is 0 Å². The second-order valence-electron chi connectivity index (χ2n) is 4.28. The lowest BCUT2D eigenvalue weighted by molar-refractivity contribution is 0.0559. The number of hydrogen-bond acceptors (Lipinski definition) is 2. The first-order valence-corrected chi connectivity index (χ1v) is 4.81. The van der Waals surface area contributed by atoms with E-state index < -0.39 is 5.60 Å². The Hall–Kier alpha value is -1.35. The molecule has 2 aromatic rings. The van der Waals surface area contributed by atoms with Gasteiger partial charge in [-0.2, -0.15) is 0 Å². The lowest BCUT2D eigenvalue weighted by Gasteiger charge is -2.12. The van der Waals surface area contributed by atoms with Crippen molar-refractivity contribution in [3.05, 3.63) is 35.3 Å². The lowest BCUT2D eigenvalue weighted by Crippen LogP contribution is -2.13. The summed E-state index contributed by atoms with van der Waals surface area (Å²) in [5.41, 5.74) is -0.0415. The van der Waals surface area contributed by atoms with E-state index in [1.807, 2.05) is 0 Å². The monoisotopic (exact) mass is 208 g/mol. The molecule has 0 unspecified atom stereocenters. The van der Waals surface area contributed by atoms with E-state index in [4.69, 9.17) is 4.42 Å². The molecule has 0 fully saturated rings. The molecule has 1 heterocycles. The second kappa shape index (κ2) is 3.07. The van der Waals surface area contributed by atoms with Crippen molar-refractivity contribution >= 4 is 11.0 Å². The van der Waals surface area contributed by atoms with Crippen molar-refractivity contribution < 1.29 is 13.9 Å². The van der Waals surface area contributed by atoms with Crippen LogP contribution in [-0.4, -0.2) is 5.11 Å². The second-order valence-corrected chi connectivity index (χ2v) is 4.28. The molecule has 0 atom stereocenters. The Labute approximate surface area is 87.3 Å². The first-order chi connectivity index (χ1) is 6.89. The third-order valence-electron chi connectivity index (χ3n) is 2.43. The van der Waals surface area contributed by atoms with Crippen LogP contribution in [0.3, 0.4) is 0 Å². The van der Waals surface area contributed by atoms with Crippen molar-refractivity contribution in [2.24, 2.45) is 0 Å². The Morgan fingerprint density at radius 3 is 2.60 bits per heavy atom. The van der Waals surface area contributed by atoms with Gasteiger partial charge < -0.3 is 9.52 Å². The number of benzene rings is 1. The molecule has 0 aliphatic rings. The number of hydrogen-bond donors (Lipinski definition) is 1. The van der Waals surface area contributed by atoms with Gasteiger partial charge in [0.25, 0.3) is 0 Å². The van der Waals surface area contributed by atoms with E-state index >= 15 is 0 Å². The van der Waals surface area contributed by atoms with Gasteiger partial charge in [-0.3, -0.25) is 0 Å². The summed E-state index contributed by atoms with van der Waals surface area (Å²) in [6.45, 7) is 4.91. The Bertz CT molecular complexity index is 506. The van der Waals surface area contributed by atoms with Crippen LogP contribution in [0.2, 0.25) is 0 Å². The Kier molecular flexibility index (Phi) is 2.08. The van der Waals surface area contributed by atoms with Gasteiger partial charge in [0, 0.05) is 0 Å². The minimum absolute atomic E-state index is 0.285. The molecule has 3 heteroatoms. The molecule has 15 heavy (non-hydrogen) atoms. The predicted molar refractivity (Wildman–Crippen MR) is 56.2 cm³/mol. The number of rotatable bonds is 1. The summed E-state index contributed by atoms with van der Waals surface area (Å²) < 4.78 is 19.0. The first kappa shape index (κ1) is 10.2. The van der Waals surface area contributed by atoms with E-state index in [0.717, 1.165) is 0 Å². The number of fused-ring (bicyclic) bond motifs is 1. The van der Waals surface area contributed by atoms with Crippen LogP contribution in [0.5, 0.6) is 0 Å². The van der Waals surface area contributed by atoms with Gasteiger partial charge in [0.05, 0.1) is 5.39 Å². The number of furan rings is 1. The van der Waals surface area contributed by atoms with Crippen LogP contribution in [-0.2, 0) is 5.60 Å². The van der Waals surface area contributed by atoms with Gasteiger partial charge in [-0.1, -0.05) is 6.07 Å². The van der Waals surface area contributed by atoms with E-state index in [1.54, 1.807) is 39.0 Å². The molecule has 0 amide bonds. The van der Waals surface area contributed by atoms with E-state index in [-0.39, 0.29) is 5.82 Å². The Morgan fingerprint density at radius 1 is 1.33 bits per heavy atom. The molecule has 0 aliphatic carbocycles. The van der Waals surface area contributed by atoms with Crippen LogP contribution in [0.15, 0.2) is 22.6 Å². The summed E-state index contributed by atoms with van der Waals surface area (Å²) in [7, 11) is 0. The van der Waals surface area contributed by atoms with Crippen molar-refractivity contribution in [2.75, 3.05) is 0 Å². The molecule has 0 radical (unpaired) electrons. The molecule has 1 aromatic carbocycles. The van der Waals surface area contributed by atoms with Crippen LogP contribution >= 0.6 is 0 Å². The Balaban J connectivity index is 2.72. The fraction of sp³-hybridized carbons (Fsp3) is 0.333. The largest absolute Gasteiger partial charge is 0.458 e. The minimum atomic E-state index is -1.08. The molecule has 0 spiro atoms. The third kappa shape index (κ3) is 1.63. The number of aliphatic hydroxyl groups is 1. The zero-order chi connectivity index (χ0) is 11.2. The highest BCUT2D eigenvalue weighted by Crippen LogP contribution is 2.29. The van der Waals surface area contributed by atoms with E-state index in [1.165, 1.54) is 0 Å². The minimum Gasteiger partial charge on any atom is -0.458 e. The molecular weight excluding hydrogens is 195 g/mol. The highest BCUT2D eigenvalue weighted by atomic mass is 19.1. The topological polar surface area (TPSA) is 33.4 Å². The SMILES string of the molecule is Cc1ccc2oc(C(C)(C)O)cc2c1F. The summed E-state index contributed by atoms with van der Waals surface area (Å²) >= 11 is 0. The average Bonchev–Trinajstić information content (AvgIpc) is 2.55. The Morgan fingerprint density at radius 2 is 2.00 bits per heavy atom. The predicted octanol–water partition coefficient (Wildman–Crippen LogP) is 3.11. The summed E-state index contributed by atoms with van der Waals surface area (Å²) in [5, 5.41) is 10.2. The number of aryl methyl sites for hydroxylation is 1. The smallest absolute Gasteiger partial charge is 0.137 e. The zero-order valence-corrected chi connectivity index (χ0v) is 8.97. The van der Waals surface area contributed by atoms with Gasteiger partial charge in [0.15, 0.2) is 0 Å². The van der Waals surface area contributed by atoms with E-state index in [9.17, 15) is 9.50 Å². The molecule has 0 aliphatic heterocycles. The van der Waals surface area contributed by atoms with Gasteiger partial charge in [-0.05, 0) is 38.5 Å². The molecule has 0 bridgehead atoms. The molecule has 2 nitrogen and oxygen atoms in total. The fourth-order valence-electron chi connectivity index (χ4n) is 1.49. The molecule has 0 saturated heterocycles. The van der Waals surface area contributed by atoms with Crippen LogP contribution in [0.4, 0.5) is 4.39 Å². The molecule has 80 valence electrons. The summed E-state index contributed by atoms with van der Waals surface area (Å²) in [4.78, 5) is 0. The van der Waals surface area contributed by atoms with Crippen LogP contribution in [0.1, 0.15) is 25.2 Å². The summed E-state index contributed by atoms with van der Waals surface area (Å²) in [6, 6.07) is 4.93. The van der Waals surface area contributed by atoms with Gasteiger partial charge in [0.1, 0.15) is 22.8 Å². The summed E-state index contributed by atoms with van der Waals surface area (Å²) in [5.74, 6) is 0.0914. The maximum Gasteiger partial charge on any atom is 0.137 e. The average molecular weight is 208 g/mol. The van der Waals surface area contributed by atoms with Crippen molar-refractivity contribution in [1.29, 1.82) is 0 Å². The standard InChI is InChI=1S/C12H13FO2/c1-7-4-5-9-8(11(7)13)6-10(15-9)12(2,3)14/h4-6,14H,1-3H3. The highest BCUT2D eigenvalue weighted by Gasteiger charge is 2.22. The van der Waals surface area contributed by atoms with E-state index in [0.29, 0.717) is 22.3 Å². The first-order valence-electron chi connectivity index (χ1n) is 4.81. The molecule has 1 N–H and O–H groups in total. The third-order valence-corrected chi connectivity index (χ3v) is 2.43. The fourth-order valence-corrected chi connectivity index (χ4v) is 1.49. The van der Waals surface area contributed by atoms with Crippen molar-refractivity contribution in [3.63, 3.8) is 0 Å². The summed E-state index contributed by atoms with van der Waals surface area (Å²) in [6.07, 6.45) is 0. The van der Waals surface area contributed by atoms with Gasteiger partial charge in [0.2, 0.25) is 0 Å². The lowest BCUT2D eigenvalue weighted by atomic mass is 10.1. The molecule has 2 rings (SSSR count).